The summed E-state index contributed by atoms with van der Waals surface area (Å²) < 4.78 is 10.1. The van der Waals surface area contributed by atoms with Crippen molar-refractivity contribution in [2.24, 2.45) is 5.73 Å². The number of halogens is 1. The zero-order chi connectivity index (χ0) is 19.6. The summed E-state index contributed by atoms with van der Waals surface area (Å²) in [6, 6.07) is 13.9. The highest BCUT2D eigenvalue weighted by atomic mass is 35.5. The van der Waals surface area contributed by atoms with Gasteiger partial charge in [0.25, 0.3) is 0 Å². The summed E-state index contributed by atoms with van der Waals surface area (Å²) in [5.41, 5.74) is 8.29. The topological polar surface area (TPSA) is 103 Å². The monoisotopic (exact) mass is 407 g/mol. The van der Waals surface area contributed by atoms with Crippen LogP contribution >= 0.6 is 12.4 Å². The molecule has 8 heteroatoms. The number of rotatable bonds is 8. The molecule has 0 aliphatic carbocycles. The standard InChI is InChI=1S/C20H25N3O4.ClH/c1-3-11-22-20(25)23-16-6-4-5-15(12-16)14-7-9-17(10-8-14)27-13-18(21)19(24)26-2;/h4-10,12,18H,3,11,13,21H2,1-2H3,(H2,22,23,25);1H/t18-;/m0./s1. The lowest BCUT2D eigenvalue weighted by Gasteiger charge is -2.12. The second-order valence-corrected chi connectivity index (χ2v) is 5.93. The van der Waals surface area contributed by atoms with Crippen LogP contribution in [0.3, 0.4) is 0 Å². The van der Waals surface area contributed by atoms with Crippen LogP contribution in [0.5, 0.6) is 5.75 Å². The second-order valence-electron chi connectivity index (χ2n) is 5.93. The van der Waals surface area contributed by atoms with Crippen molar-refractivity contribution in [1.29, 1.82) is 0 Å². The Morgan fingerprint density at radius 1 is 1.11 bits per heavy atom. The number of amides is 2. The zero-order valence-electron chi connectivity index (χ0n) is 15.9. The molecular weight excluding hydrogens is 382 g/mol. The summed E-state index contributed by atoms with van der Waals surface area (Å²) in [5, 5.41) is 5.59. The molecule has 2 aromatic carbocycles. The number of benzene rings is 2. The molecule has 0 heterocycles. The van der Waals surface area contributed by atoms with E-state index in [-0.39, 0.29) is 25.0 Å². The highest BCUT2D eigenvalue weighted by Crippen LogP contribution is 2.25. The molecule has 0 fully saturated rings. The fraction of sp³-hybridized carbons (Fsp3) is 0.300. The molecule has 0 radical (unpaired) electrons. The molecule has 0 bridgehead atoms. The van der Waals surface area contributed by atoms with Gasteiger partial charge >= 0.3 is 12.0 Å². The maximum Gasteiger partial charge on any atom is 0.326 e. The minimum Gasteiger partial charge on any atom is -0.491 e. The third-order valence-electron chi connectivity index (χ3n) is 3.78. The van der Waals surface area contributed by atoms with Crippen molar-refractivity contribution < 1.29 is 19.1 Å². The third-order valence-corrected chi connectivity index (χ3v) is 3.78. The summed E-state index contributed by atoms with van der Waals surface area (Å²) in [6.45, 7) is 2.67. The largest absolute Gasteiger partial charge is 0.491 e. The lowest BCUT2D eigenvalue weighted by Crippen LogP contribution is -2.37. The predicted molar refractivity (Wildman–Crippen MR) is 112 cm³/mol. The van der Waals surface area contributed by atoms with Crippen molar-refractivity contribution in [3.05, 3.63) is 48.5 Å². The number of ether oxygens (including phenoxy) is 2. The van der Waals surface area contributed by atoms with E-state index in [1.807, 2.05) is 43.3 Å². The minimum atomic E-state index is -0.823. The van der Waals surface area contributed by atoms with Crippen molar-refractivity contribution in [2.45, 2.75) is 19.4 Å². The van der Waals surface area contributed by atoms with Gasteiger partial charge in [-0.25, -0.2) is 4.79 Å². The van der Waals surface area contributed by atoms with Crippen molar-refractivity contribution >= 4 is 30.1 Å². The van der Waals surface area contributed by atoms with E-state index in [0.717, 1.165) is 17.5 Å². The fourth-order valence-electron chi connectivity index (χ4n) is 2.34. The van der Waals surface area contributed by atoms with E-state index in [1.165, 1.54) is 7.11 Å². The lowest BCUT2D eigenvalue weighted by atomic mass is 10.1. The van der Waals surface area contributed by atoms with Gasteiger partial charge in [0.05, 0.1) is 7.11 Å². The van der Waals surface area contributed by atoms with Gasteiger partial charge in [-0.15, -0.1) is 12.4 Å². The van der Waals surface area contributed by atoms with Crippen LogP contribution in [-0.2, 0) is 9.53 Å². The van der Waals surface area contributed by atoms with Gasteiger partial charge in [0.15, 0.2) is 0 Å². The van der Waals surface area contributed by atoms with E-state index in [9.17, 15) is 9.59 Å². The Morgan fingerprint density at radius 2 is 1.82 bits per heavy atom. The number of hydrogen-bond acceptors (Lipinski definition) is 5. The predicted octanol–water partition coefficient (Wildman–Crippen LogP) is 3.19. The fourth-order valence-corrected chi connectivity index (χ4v) is 2.34. The van der Waals surface area contributed by atoms with Crippen LogP contribution < -0.4 is 21.1 Å². The van der Waals surface area contributed by atoms with Crippen molar-refractivity contribution in [3.8, 4) is 16.9 Å². The molecule has 4 N–H and O–H groups in total. The molecule has 152 valence electrons. The second kappa shape index (κ2) is 11.8. The first-order chi connectivity index (χ1) is 13.0. The summed E-state index contributed by atoms with van der Waals surface area (Å²) >= 11 is 0. The molecular formula is C20H26ClN3O4. The van der Waals surface area contributed by atoms with Gasteiger partial charge in [0.2, 0.25) is 0 Å². The number of methoxy groups -OCH3 is 1. The molecule has 1 atom stereocenters. The number of esters is 1. The van der Waals surface area contributed by atoms with Gasteiger partial charge in [0, 0.05) is 12.2 Å². The van der Waals surface area contributed by atoms with Crippen molar-refractivity contribution in [1.82, 2.24) is 5.32 Å². The summed E-state index contributed by atoms with van der Waals surface area (Å²) in [7, 11) is 1.29. The number of urea groups is 1. The first-order valence-electron chi connectivity index (χ1n) is 8.75. The Morgan fingerprint density at radius 3 is 2.46 bits per heavy atom. The van der Waals surface area contributed by atoms with Crippen LogP contribution in [0.15, 0.2) is 48.5 Å². The number of hydrogen-bond donors (Lipinski definition) is 3. The molecule has 7 nitrogen and oxygen atoms in total. The van der Waals surface area contributed by atoms with Gasteiger partial charge in [0.1, 0.15) is 18.4 Å². The molecule has 28 heavy (non-hydrogen) atoms. The Bertz CT molecular complexity index is 768. The van der Waals surface area contributed by atoms with Crippen LogP contribution in [0.25, 0.3) is 11.1 Å². The van der Waals surface area contributed by atoms with E-state index >= 15 is 0 Å². The average Bonchev–Trinajstić information content (AvgIpc) is 2.70. The molecule has 0 unspecified atom stereocenters. The number of nitrogens with one attached hydrogen (secondary N) is 2. The van der Waals surface area contributed by atoms with Crippen LogP contribution in [0.2, 0.25) is 0 Å². The van der Waals surface area contributed by atoms with E-state index in [1.54, 1.807) is 12.1 Å². The van der Waals surface area contributed by atoms with Gasteiger partial charge < -0.3 is 25.8 Å². The molecule has 0 aliphatic heterocycles. The molecule has 2 amide bonds. The lowest BCUT2D eigenvalue weighted by molar-refractivity contribution is -0.142. The number of carbonyl (C=O) groups is 2. The highest BCUT2D eigenvalue weighted by Gasteiger charge is 2.14. The Balaban J connectivity index is 0.00000392. The smallest absolute Gasteiger partial charge is 0.326 e. The summed E-state index contributed by atoms with van der Waals surface area (Å²) in [6.07, 6.45) is 0.881. The van der Waals surface area contributed by atoms with Gasteiger partial charge in [-0.2, -0.15) is 0 Å². The molecule has 0 spiro atoms. The van der Waals surface area contributed by atoms with Crippen molar-refractivity contribution in [3.63, 3.8) is 0 Å². The van der Waals surface area contributed by atoms with E-state index in [4.69, 9.17) is 10.5 Å². The maximum absolute atomic E-state index is 11.8. The van der Waals surface area contributed by atoms with Crippen LogP contribution in [0.4, 0.5) is 10.5 Å². The Kier molecular flexibility index (Phi) is 9.84. The van der Waals surface area contributed by atoms with Crippen LogP contribution in [-0.4, -0.2) is 38.3 Å². The number of nitrogens with two attached hydrogens (primary N) is 1. The van der Waals surface area contributed by atoms with Gasteiger partial charge in [-0.3, -0.25) is 4.79 Å². The van der Waals surface area contributed by atoms with E-state index in [2.05, 4.69) is 15.4 Å². The van der Waals surface area contributed by atoms with Crippen molar-refractivity contribution in [2.75, 3.05) is 25.6 Å². The number of anilines is 1. The first kappa shape index (κ1) is 23.3. The molecule has 0 aliphatic rings. The molecule has 2 aromatic rings. The molecule has 2 rings (SSSR count). The highest BCUT2D eigenvalue weighted by molar-refractivity contribution is 5.90. The Hall–Kier alpha value is -2.77. The third kappa shape index (κ3) is 7.09. The number of carbonyl (C=O) groups excluding carboxylic acids is 2. The average molecular weight is 408 g/mol. The normalized spacial score (nSPS) is 11.0. The minimum absolute atomic E-state index is 0. The molecule has 0 saturated carbocycles. The zero-order valence-corrected chi connectivity index (χ0v) is 16.8. The van der Waals surface area contributed by atoms with Crippen LogP contribution in [0, 0.1) is 0 Å². The SMILES string of the molecule is CCCNC(=O)Nc1cccc(-c2ccc(OC[C@H](N)C(=O)OC)cc2)c1.Cl. The van der Waals surface area contributed by atoms with Gasteiger partial charge in [-0.1, -0.05) is 31.2 Å². The quantitative estimate of drug-likeness (QED) is 0.583. The van der Waals surface area contributed by atoms with E-state index in [0.29, 0.717) is 18.0 Å². The maximum atomic E-state index is 11.8. The molecule has 0 saturated heterocycles. The van der Waals surface area contributed by atoms with Crippen LogP contribution in [0.1, 0.15) is 13.3 Å². The molecule has 0 aromatic heterocycles. The first-order valence-corrected chi connectivity index (χ1v) is 8.75. The van der Waals surface area contributed by atoms with Gasteiger partial charge in [-0.05, 0) is 41.8 Å². The summed E-state index contributed by atoms with van der Waals surface area (Å²) in [5.74, 6) is 0.0882. The Labute approximate surface area is 171 Å². The van der Waals surface area contributed by atoms with E-state index < -0.39 is 12.0 Å². The summed E-state index contributed by atoms with van der Waals surface area (Å²) in [4.78, 5) is 23.1.